The maximum Gasteiger partial charge on any atom is 0.221 e. The van der Waals surface area contributed by atoms with Crippen LogP contribution in [0.3, 0.4) is 0 Å². The van der Waals surface area contributed by atoms with Crippen molar-refractivity contribution in [3.63, 3.8) is 0 Å². The van der Waals surface area contributed by atoms with E-state index in [2.05, 4.69) is 5.73 Å². The maximum absolute atomic E-state index is 9.81. The standard InChI is InChI=1S/C4H8NO2/c5-4(7)2-1-3-6/h2,6H,1,3H2,(H2,5,7). The Bertz CT molecular complexity index is 62.7. The van der Waals surface area contributed by atoms with Gasteiger partial charge in [-0.2, -0.15) is 0 Å². The molecule has 0 unspecified atom stereocenters. The van der Waals surface area contributed by atoms with Gasteiger partial charge in [-0.25, -0.2) is 0 Å². The van der Waals surface area contributed by atoms with Crippen LogP contribution < -0.4 is 5.73 Å². The zero-order valence-electron chi connectivity index (χ0n) is 3.92. The van der Waals surface area contributed by atoms with Gasteiger partial charge >= 0.3 is 0 Å². The summed E-state index contributed by atoms with van der Waals surface area (Å²) in [5.74, 6) is -0.478. The van der Waals surface area contributed by atoms with Crippen molar-refractivity contribution in [1.82, 2.24) is 0 Å². The van der Waals surface area contributed by atoms with Crippen molar-refractivity contribution >= 4 is 5.91 Å². The molecule has 0 bridgehead atoms. The van der Waals surface area contributed by atoms with Crippen LogP contribution in [0.2, 0.25) is 0 Å². The molecule has 0 spiro atoms. The highest BCUT2D eigenvalue weighted by Crippen LogP contribution is 1.79. The number of rotatable bonds is 3. The number of hydrogen-bond acceptors (Lipinski definition) is 2. The zero-order chi connectivity index (χ0) is 5.70. The average molecular weight is 102 g/mol. The second-order valence-electron chi connectivity index (χ2n) is 1.12. The molecule has 0 aliphatic heterocycles. The highest BCUT2D eigenvalue weighted by Gasteiger charge is 1.89. The number of amides is 1. The zero-order valence-corrected chi connectivity index (χ0v) is 3.92. The Hall–Kier alpha value is -0.570. The van der Waals surface area contributed by atoms with E-state index in [1.807, 2.05) is 0 Å². The van der Waals surface area contributed by atoms with Gasteiger partial charge in [-0.1, -0.05) is 0 Å². The first-order chi connectivity index (χ1) is 3.27. The predicted molar refractivity (Wildman–Crippen MR) is 25.2 cm³/mol. The van der Waals surface area contributed by atoms with Crippen LogP contribution >= 0.6 is 0 Å². The summed E-state index contributed by atoms with van der Waals surface area (Å²) in [5.41, 5.74) is 4.67. The molecule has 0 atom stereocenters. The minimum atomic E-state index is -0.478. The lowest BCUT2D eigenvalue weighted by atomic mass is 10.3. The van der Waals surface area contributed by atoms with Crippen LogP contribution in [0.25, 0.3) is 0 Å². The van der Waals surface area contributed by atoms with Gasteiger partial charge in [0.15, 0.2) is 0 Å². The molecule has 1 amide bonds. The molecular formula is C4H8NO2. The molecule has 0 aliphatic rings. The summed E-state index contributed by atoms with van der Waals surface area (Å²) in [7, 11) is 0. The molecule has 0 heterocycles. The second-order valence-corrected chi connectivity index (χ2v) is 1.12. The van der Waals surface area contributed by atoms with Crippen molar-refractivity contribution in [1.29, 1.82) is 0 Å². The first-order valence-electron chi connectivity index (χ1n) is 2.01. The summed E-state index contributed by atoms with van der Waals surface area (Å²) in [6.07, 6.45) is 1.59. The summed E-state index contributed by atoms with van der Waals surface area (Å²) < 4.78 is 0. The topological polar surface area (TPSA) is 63.3 Å². The van der Waals surface area contributed by atoms with Crippen LogP contribution in [0.1, 0.15) is 6.42 Å². The molecule has 0 aliphatic carbocycles. The monoisotopic (exact) mass is 102 g/mol. The van der Waals surface area contributed by atoms with Crippen molar-refractivity contribution in [2.24, 2.45) is 5.73 Å². The normalized spacial score (nSPS) is 8.71. The van der Waals surface area contributed by atoms with Crippen LogP contribution in [0.4, 0.5) is 0 Å². The van der Waals surface area contributed by atoms with Crippen molar-refractivity contribution in [3.05, 3.63) is 6.42 Å². The van der Waals surface area contributed by atoms with Crippen LogP contribution in [0.5, 0.6) is 0 Å². The summed E-state index contributed by atoms with van der Waals surface area (Å²) in [4.78, 5) is 9.81. The van der Waals surface area contributed by atoms with Gasteiger partial charge in [-0.3, -0.25) is 4.79 Å². The van der Waals surface area contributed by atoms with E-state index in [9.17, 15) is 4.79 Å². The molecule has 7 heavy (non-hydrogen) atoms. The van der Waals surface area contributed by atoms with Crippen LogP contribution in [0, 0.1) is 6.42 Å². The molecule has 0 saturated heterocycles. The van der Waals surface area contributed by atoms with E-state index >= 15 is 0 Å². The molecule has 3 nitrogen and oxygen atoms in total. The molecule has 1 radical (unpaired) electrons. The van der Waals surface area contributed by atoms with Crippen LogP contribution in [-0.2, 0) is 4.79 Å². The Balaban J connectivity index is 2.82. The van der Waals surface area contributed by atoms with Crippen LogP contribution in [0.15, 0.2) is 0 Å². The molecule has 3 N–H and O–H groups in total. The minimum Gasteiger partial charge on any atom is -0.396 e. The molecule has 0 fully saturated rings. The molecule has 0 saturated carbocycles. The molecule has 0 rings (SSSR count). The Kier molecular flexibility index (Phi) is 3.32. The number of aliphatic hydroxyl groups excluding tert-OH is 1. The second kappa shape index (κ2) is 3.61. The lowest BCUT2D eigenvalue weighted by Crippen LogP contribution is -2.11. The van der Waals surface area contributed by atoms with Gasteiger partial charge in [0.1, 0.15) is 0 Å². The van der Waals surface area contributed by atoms with Crippen molar-refractivity contribution in [3.8, 4) is 0 Å². The summed E-state index contributed by atoms with van der Waals surface area (Å²) in [5, 5.41) is 8.08. The third kappa shape index (κ3) is 5.43. The lowest BCUT2D eigenvalue weighted by molar-refractivity contribution is -0.115. The van der Waals surface area contributed by atoms with Gasteiger partial charge in [-0.05, 0) is 6.42 Å². The number of nitrogens with two attached hydrogens (primary N) is 1. The lowest BCUT2D eigenvalue weighted by Gasteiger charge is -1.85. The van der Waals surface area contributed by atoms with E-state index in [1.165, 1.54) is 6.42 Å². The van der Waals surface area contributed by atoms with Crippen molar-refractivity contribution in [2.45, 2.75) is 6.42 Å². The fraction of sp³-hybridized carbons (Fsp3) is 0.500. The highest BCUT2D eigenvalue weighted by atomic mass is 16.3. The van der Waals surface area contributed by atoms with Gasteiger partial charge in [0.05, 0.1) is 6.42 Å². The van der Waals surface area contributed by atoms with E-state index in [-0.39, 0.29) is 6.61 Å². The predicted octanol–water partition coefficient (Wildman–Crippen LogP) is -0.942. The summed E-state index contributed by atoms with van der Waals surface area (Å²) in [6.45, 7) is -0.0110. The smallest absolute Gasteiger partial charge is 0.221 e. The molecule has 0 aromatic carbocycles. The van der Waals surface area contributed by atoms with E-state index in [0.717, 1.165) is 0 Å². The Morgan fingerprint density at radius 2 is 2.43 bits per heavy atom. The third-order valence-electron chi connectivity index (χ3n) is 0.475. The molecule has 41 valence electrons. The molecular weight excluding hydrogens is 94.0 g/mol. The largest absolute Gasteiger partial charge is 0.396 e. The van der Waals surface area contributed by atoms with Gasteiger partial charge in [0, 0.05) is 6.61 Å². The fourth-order valence-electron chi connectivity index (χ4n) is 0.207. The van der Waals surface area contributed by atoms with Crippen molar-refractivity contribution in [2.75, 3.05) is 6.61 Å². The van der Waals surface area contributed by atoms with Gasteiger partial charge in [0.25, 0.3) is 0 Å². The van der Waals surface area contributed by atoms with Crippen molar-refractivity contribution < 1.29 is 9.90 Å². The van der Waals surface area contributed by atoms with E-state index in [4.69, 9.17) is 5.11 Å². The quantitative estimate of drug-likeness (QED) is 0.483. The maximum atomic E-state index is 9.81. The number of hydrogen-bond donors (Lipinski definition) is 2. The first kappa shape index (κ1) is 6.43. The average Bonchev–Trinajstić information content (AvgIpc) is 1.61. The Morgan fingerprint density at radius 3 is 2.57 bits per heavy atom. The first-order valence-corrected chi connectivity index (χ1v) is 2.01. The third-order valence-corrected chi connectivity index (χ3v) is 0.475. The van der Waals surface area contributed by atoms with Gasteiger partial charge in [-0.15, -0.1) is 0 Å². The number of carbonyl (C=O) groups is 1. The number of aliphatic hydroxyl groups is 1. The van der Waals surface area contributed by atoms with Gasteiger partial charge < -0.3 is 10.8 Å². The van der Waals surface area contributed by atoms with E-state index in [1.54, 1.807) is 0 Å². The fourth-order valence-corrected chi connectivity index (χ4v) is 0.207. The Labute approximate surface area is 42.1 Å². The van der Waals surface area contributed by atoms with E-state index in [0.29, 0.717) is 6.42 Å². The SMILES string of the molecule is NC(=O)[CH]CCO. The summed E-state index contributed by atoms with van der Waals surface area (Å²) >= 11 is 0. The number of carbonyl (C=O) groups excluding carboxylic acids is 1. The minimum absolute atomic E-state index is 0.0110. The molecule has 3 heteroatoms. The molecule has 0 aromatic rings. The van der Waals surface area contributed by atoms with Crippen LogP contribution in [-0.4, -0.2) is 17.6 Å². The van der Waals surface area contributed by atoms with E-state index < -0.39 is 5.91 Å². The van der Waals surface area contributed by atoms with Gasteiger partial charge in [0.2, 0.25) is 5.91 Å². The summed E-state index contributed by atoms with van der Waals surface area (Å²) in [6, 6.07) is 0. The number of primary amides is 1. The molecule has 0 aromatic heterocycles. The highest BCUT2D eigenvalue weighted by molar-refractivity contribution is 5.82. The Morgan fingerprint density at radius 1 is 1.86 bits per heavy atom.